The van der Waals surface area contributed by atoms with Crippen LogP contribution in [0.2, 0.25) is 0 Å². The molecule has 0 aliphatic carbocycles. The molecule has 0 fully saturated rings. The lowest BCUT2D eigenvalue weighted by molar-refractivity contribution is 0.0990. The first-order valence-electron chi connectivity index (χ1n) is 12.4. The van der Waals surface area contributed by atoms with Crippen LogP contribution in [-0.4, -0.2) is 25.3 Å². The van der Waals surface area contributed by atoms with Crippen molar-refractivity contribution >= 4 is 22.4 Å². The lowest BCUT2D eigenvalue weighted by Gasteiger charge is -2.13. The largest absolute Gasteiger partial charge is 0.452 e. The normalized spacial score (nSPS) is 11.0. The zero-order valence-corrected chi connectivity index (χ0v) is 22.0. The minimum Gasteiger partial charge on any atom is -0.452 e. The Morgan fingerprint density at radius 2 is 1.75 bits per heavy atom. The molecule has 0 unspecified atom stereocenters. The molecule has 0 spiro atoms. The average Bonchev–Trinajstić information content (AvgIpc) is 2.90. The molecule has 0 amide bonds. The van der Waals surface area contributed by atoms with E-state index in [2.05, 4.69) is 21.5 Å². The van der Waals surface area contributed by atoms with E-state index in [0.29, 0.717) is 33.9 Å². The van der Waals surface area contributed by atoms with E-state index in [1.54, 1.807) is 38.4 Å². The molecule has 3 heterocycles. The summed E-state index contributed by atoms with van der Waals surface area (Å²) in [5.74, 6) is -1.03. The number of Topliss-reactive ketones (excluding diaryl/α,β-unsaturated/α-hetero) is 1. The SMILES string of the molecule is C=C(C)c1cnc2c(Oc3ccc(CC(=O)c4c(C)nc(C)n(-c5ccc(F)cc5)c4=O)cc3F)ccnc2c1. The van der Waals surface area contributed by atoms with Crippen molar-refractivity contribution in [2.75, 3.05) is 0 Å². The van der Waals surface area contributed by atoms with Crippen LogP contribution in [0.3, 0.4) is 0 Å². The van der Waals surface area contributed by atoms with Crippen LogP contribution in [-0.2, 0) is 6.42 Å². The number of aryl methyl sites for hydroxylation is 2. The van der Waals surface area contributed by atoms with Crippen molar-refractivity contribution in [3.63, 3.8) is 0 Å². The van der Waals surface area contributed by atoms with Crippen LogP contribution < -0.4 is 10.3 Å². The number of halogens is 2. The molecule has 3 aromatic heterocycles. The number of pyridine rings is 2. The van der Waals surface area contributed by atoms with Gasteiger partial charge in [-0.15, -0.1) is 0 Å². The number of carbonyl (C=O) groups excluding carboxylic acids is 1. The highest BCUT2D eigenvalue weighted by Gasteiger charge is 2.21. The molecule has 0 saturated carbocycles. The summed E-state index contributed by atoms with van der Waals surface area (Å²) in [6.07, 6.45) is 2.96. The molecule has 0 bridgehead atoms. The molecule has 2 aromatic carbocycles. The van der Waals surface area contributed by atoms with Gasteiger partial charge in [-0.05, 0) is 79.9 Å². The van der Waals surface area contributed by atoms with E-state index in [1.165, 1.54) is 41.0 Å². The molecule has 0 N–H and O–H groups in total. The van der Waals surface area contributed by atoms with E-state index in [0.717, 1.165) is 11.1 Å². The fourth-order valence-electron chi connectivity index (χ4n) is 4.43. The standard InChI is InChI=1S/C31H24F2N4O3/c1-17(2)21-15-25-30(35-16-21)28(11-12-34-25)40-27-10-5-20(13-24(27)33)14-26(38)29-18(3)36-19(4)37(31(29)39)23-8-6-22(32)7-9-23/h5-13,15-16H,1,14H2,2-4H3. The summed E-state index contributed by atoms with van der Waals surface area (Å²) >= 11 is 0. The van der Waals surface area contributed by atoms with Crippen LogP contribution in [0.5, 0.6) is 11.5 Å². The molecule has 5 rings (SSSR count). The predicted molar refractivity (Wildman–Crippen MR) is 148 cm³/mol. The highest BCUT2D eigenvalue weighted by atomic mass is 19.1. The number of nitrogens with zero attached hydrogens (tertiary/aromatic N) is 4. The van der Waals surface area contributed by atoms with Gasteiger partial charge >= 0.3 is 0 Å². The summed E-state index contributed by atoms with van der Waals surface area (Å²) in [6, 6.07) is 12.9. The van der Waals surface area contributed by atoms with E-state index >= 15 is 4.39 Å². The molecular weight excluding hydrogens is 514 g/mol. The van der Waals surface area contributed by atoms with E-state index in [1.807, 2.05) is 13.0 Å². The van der Waals surface area contributed by atoms with Crippen LogP contribution in [0.15, 0.2) is 78.4 Å². The van der Waals surface area contributed by atoms with Gasteiger partial charge in [-0.2, -0.15) is 0 Å². The Morgan fingerprint density at radius 1 is 1.00 bits per heavy atom. The summed E-state index contributed by atoms with van der Waals surface area (Å²) in [4.78, 5) is 39.6. The highest BCUT2D eigenvalue weighted by molar-refractivity contribution is 5.98. The fourth-order valence-corrected chi connectivity index (χ4v) is 4.43. The van der Waals surface area contributed by atoms with Gasteiger partial charge in [-0.3, -0.25) is 24.1 Å². The summed E-state index contributed by atoms with van der Waals surface area (Å²) in [5, 5.41) is 0. The zero-order chi connectivity index (χ0) is 28.6. The van der Waals surface area contributed by atoms with Gasteiger partial charge < -0.3 is 4.74 Å². The first-order chi connectivity index (χ1) is 19.1. The van der Waals surface area contributed by atoms with Crippen molar-refractivity contribution < 1.29 is 18.3 Å². The van der Waals surface area contributed by atoms with Gasteiger partial charge in [0.2, 0.25) is 0 Å². The van der Waals surface area contributed by atoms with E-state index in [9.17, 15) is 14.0 Å². The molecule has 200 valence electrons. The molecule has 0 aliphatic heterocycles. The topological polar surface area (TPSA) is 87.0 Å². The quantitative estimate of drug-likeness (QED) is 0.225. The second-order valence-corrected chi connectivity index (χ2v) is 9.38. The number of hydrogen-bond acceptors (Lipinski definition) is 6. The first kappa shape index (κ1) is 26.6. The number of ketones is 1. The maximum Gasteiger partial charge on any atom is 0.269 e. The van der Waals surface area contributed by atoms with Gasteiger partial charge in [0.25, 0.3) is 5.56 Å². The Bertz CT molecular complexity index is 1860. The van der Waals surface area contributed by atoms with Crippen molar-refractivity contribution in [2.45, 2.75) is 27.2 Å². The maximum atomic E-state index is 15.1. The van der Waals surface area contributed by atoms with Gasteiger partial charge in [0.05, 0.1) is 16.9 Å². The first-order valence-corrected chi connectivity index (χ1v) is 12.4. The van der Waals surface area contributed by atoms with Crippen molar-refractivity contribution in [1.82, 2.24) is 19.5 Å². The van der Waals surface area contributed by atoms with Gasteiger partial charge in [0.1, 0.15) is 22.7 Å². The summed E-state index contributed by atoms with van der Waals surface area (Å²) in [7, 11) is 0. The molecule has 40 heavy (non-hydrogen) atoms. The minimum absolute atomic E-state index is 0.0543. The third-order valence-electron chi connectivity index (χ3n) is 6.41. The van der Waals surface area contributed by atoms with Gasteiger partial charge in [-0.25, -0.2) is 13.8 Å². The maximum absolute atomic E-state index is 15.1. The lowest BCUT2D eigenvalue weighted by atomic mass is 10.0. The molecule has 9 heteroatoms. The van der Waals surface area contributed by atoms with Gasteiger partial charge in [0, 0.05) is 24.9 Å². The molecule has 5 aromatic rings. The number of allylic oxidation sites excluding steroid dienone is 1. The zero-order valence-electron chi connectivity index (χ0n) is 22.0. The van der Waals surface area contributed by atoms with Crippen LogP contribution in [0, 0.1) is 25.5 Å². The van der Waals surface area contributed by atoms with E-state index in [-0.39, 0.29) is 23.4 Å². The third-order valence-corrected chi connectivity index (χ3v) is 6.41. The monoisotopic (exact) mass is 538 g/mol. The summed E-state index contributed by atoms with van der Waals surface area (Å²) < 4.78 is 35.6. The van der Waals surface area contributed by atoms with E-state index in [4.69, 9.17) is 4.74 Å². The minimum atomic E-state index is -0.684. The fraction of sp³-hybridized carbons (Fsp3) is 0.129. The molecule has 0 atom stereocenters. The van der Waals surface area contributed by atoms with E-state index < -0.39 is 23.0 Å². The molecule has 7 nitrogen and oxygen atoms in total. The Kier molecular flexibility index (Phi) is 7.04. The van der Waals surface area contributed by atoms with Crippen molar-refractivity contribution in [3.05, 3.63) is 124 Å². The number of aromatic nitrogens is 4. The van der Waals surface area contributed by atoms with Crippen LogP contribution >= 0.6 is 0 Å². The summed E-state index contributed by atoms with van der Waals surface area (Å²) in [5.41, 5.74) is 3.02. The van der Waals surface area contributed by atoms with Gasteiger partial charge in [-0.1, -0.05) is 12.6 Å². The molecule has 0 radical (unpaired) electrons. The third kappa shape index (κ3) is 5.13. The number of fused-ring (bicyclic) bond motifs is 1. The smallest absolute Gasteiger partial charge is 0.269 e. The number of hydrogen-bond donors (Lipinski definition) is 0. The Morgan fingerprint density at radius 3 is 2.45 bits per heavy atom. The van der Waals surface area contributed by atoms with Crippen molar-refractivity contribution in [2.24, 2.45) is 0 Å². The van der Waals surface area contributed by atoms with Crippen LogP contribution in [0.1, 0.15) is 39.9 Å². The van der Waals surface area contributed by atoms with Crippen LogP contribution in [0.25, 0.3) is 22.3 Å². The highest BCUT2D eigenvalue weighted by Crippen LogP contribution is 2.30. The van der Waals surface area contributed by atoms with Crippen molar-refractivity contribution in [3.8, 4) is 17.2 Å². The number of rotatable bonds is 7. The summed E-state index contributed by atoms with van der Waals surface area (Å²) in [6.45, 7) is 8.97. The number of benzene rings is 2. The average molecular weight is 539 g/mol. The van der Waals surface area contributed by atoms with Crippen LogP contribution in [0.4, 0.5) is 8.78 Å². The second-order valence-electron chi connectivity index (χ2n) is 9.38. The number of carbonyl (C=O) groups is 1. The Labute approximate surface area is 228 Å². The van der Waals surface area contributed by atoms with Gasteiger partial charge in [0.15, 0.2) is 23.1 Å². The molecule has 0 saturated heterocycles. The predicted octanol–water partition coefficient (Wildman–Crippen LogP) is 6.32. The number of ether oxygens (including phenoxy) is 1. The lowest BCUT2D eigenvalue weighted by Crippen LogP contribution is -2.30. The Balaban J connectivity index is 1.41. The second kappa shape index (κ2) is 10.6. The Hall–Kier alpha value is -5.05. The molecular formula is C31H24F2N4O3. The van der Waals surface area contributed by atoms with Crippen molar-refractivity contribution in [1.29, 1.82) is 0 Å². The molecule has 0 aliphatic rings.